The van der Waals surface area contributed by atoms with Crippen LogP contribution in [-0.2, 0) is 23.9 Å². The van der Waals surface area contributed by atoms with Gasteiger partial charge in [-0.05, 0) is 208 Å². The Kier molecular flexibility index (Phi) is 15.4. The van der Waals surface area contributed by atoms with Crippen molar-refractivity contribution in [3.63, 3.8) is 0 Å². The van der Waals surface area contributed by atoms with Crippen LogP contribution in [-0.4, -0.2) is 77.1 Å². The number of hydrogen-bond acceptors (Lipinski definition) is 8. The van der Waals surface area contributed by atoms with Crippen molar-refractivity contribution >= 4 is 34.9 Å². The molecule has 0 amide bonds. The maximum absolute atomic E-state index is 12.8. The number of carbonyl (C=O) groups excluding carboxylic acids is 3. The van der Waals surface area contributed by atoms with Crippen molar-refractivity contribution in [2.45, 2.75) is 186 Å². The molecule has 0 aromatic rings. The topological polar surface area (TPSA) is 130 Å². The van der Waals surface area contributed by atoms with Crippen LogP contribution in [0.25, 0.3) is 0 Å². The van der Waals surface area contributed by atoms with E-state index in [-0.39, 0.29) is 117 Å². The molecule has 1 saturated heterocycles. The predicted molar refractivity (Wildman–Crippen MR) is 292 cm³/mol. The molecule has 0 aromatic carbocycles. The van der Waals surface area contributed by atoms with Crippen LogP contribution >= 0.6 is 0 Å². The fraction of sp³-hybridized carbons (Fsp3) is 0.698. The van der Waals surface area contributed by atoms with Gasteiger partial charge in [0.05, 0.1) is 12.5 Å². The molecule has 1 heterocycles. The first kappa shape index (κ1) is 58.1. The number of rotatable bonds is 2. The van der Waals surface area contributed by atoms with Crippen molar-refractivity contribution in [2.24, 2.45) is 66.0 Å². The summed E-state index contributed by atoms with van der Waals surface area (Å²) in [5.74, 6) is 0.193. The minimum absolute atomic E-state index is 0. The standard InChI is InChI=1S/C30H40O4.C29H40O3.C4H8O.Al.Li.4H/c1-18-19-8-9-22-28(4,20(19)16-21(31)24(18)32)13-15-30(6)23-17-27(3,25(33)34-7)11-10-26(23,2)12-14-29(22,30)5;1-18-19-7-8-22-27(4,20(19)15-21(31)24(18)32)12-14-29(6)23-16-25(2,17-30)9-10-26(23,3)11-13-28(22,29)5;1-2-4-5-3-1;;;;;;/h8-9,16,23,32H,10-15,17H2,1-7H3;7-8,15,23,30,32H,9-14,16-17H2,1-6H3;1-4H2;;;;;;/q;;;;+1;;;;-1/t23-,26-,27-,28+,29-,30+;23-,25-,26-,27+,28-,29+;;;;;;;/m11......./s1. The van der Waals surface area contributed by atoms with Gasteiger partial charge in [-0.2, -0.15) is 0 Å². The van der Waals surface area contributed by atoms with Gasteiger partial charge in [-0.1, -0.05) is 97.8 Å². The SMILES string of the molecule is C1CCOC1.CC1=C(O)C(=O)C=C2C1=CC=C1[C@@]2(C)CC[C@@]2(C)[C@@H]3C[C@](C)(CO)CC[C@]3(C)CC[C@]12C.COC(=O)[C@]1(C)CC[C@]2(C)CC[C@]3(C)C4=CC=C5C(=CC(=O)C(O)=C5C)[C@]4(C)CC[C@@]3(C)[C@@H]2C1.[AlH3].[H-].[Li+]. The third-order valence-corrected chi connectivity index (χ3v) is 23.7. The third kappa shape index (κ3) is 8.42. The zero-order valence-corrected chi connectivity index (χ0v) is 46.9. The summed E-state index contributed by atoms with van der Waals surface area (Å²) in [5.41, 5.74) is 8.58. The second kappa shape index (κ2) is 19.4. The van der Waals surface area contributed by atoms with Gasteiger partial charge < -0.3 is 26.2 Å². The van der Waals surface area contributed by atoms with Crippen LogP contribution in [0.4, 0.5) is 0 Å². The Balaban J connectivity index is 0.000000212. The minimum atomic E-state index is -0.424. The summed E-state index contributed by atoms with van der Waals surface area (Å²) >= 11 is 0. The Morgan fingerprint density at radius 2 is 1.03 bits per heavy atom. The average molecular weight is 1010 g/mol. The van der Waals surface area contributed by atoms with Crippen molar-refractivity contribution < 1.29 is 59.5 Å². The number of ether oxygens (including phenoxy) is 2. The summed E-state index contributed by atoms with van der Waals surface area (Å²) in [5, 5.41) is 30.8. The molecule has 11 aliphatic rings. The van der Waals surface area contributed by atoms with Gasteiger partial charge in [-0.15, -0.1) is 0 Å². The van der Waals surface area contributed by atoms with Gasteiger partial charge in [0.2, 0.25) is 11.6 Å². The molecule has 7 fully saturated rings. The van der Waals surface area contributed by atoms with Gasteiger partial charge in [-0.3, -0.25) is 14.4 Å². The number of aliphatic hydroxyl groups is 3. The van der Waals surface area contributed by atoms with Crippen molar-refractivity contribution in [3.05, 3.63) is 92.6 Å². The van der Waals surface area contributed by atoms with E-state index in [1.165, 1.54) is 50.4 Å². The van der Waals surface area contributed by atoms with Crippen molar-refractivity contribution in [2.75, 3.05) is 26.9 Å². The van der Waals surface area contributed by atoms with Gasteiger partial charge in [0.25, 0.3) is 0 Å². The first-order valence-corrected chi connectivity index (χ1v) is 27.6. The number of aliphatic hydroxyl groups excluding tert-OH is 3. The number of fused-ring (bicyclic) bond motifs is 14. The maximum atomic E-state index is 12.8. The van der Waals surface area contributed by atoms with Crippen molar-refractivity contribution in [1.29, 1.82) is 0 Å². The number of methoxy groups -OCH3 is 1. The van der Waals surface area contributed by atoms with Gasteiger partial charge in [-0.25, -0.2) is 0 Å². The fourth-order valence-corrected chi connectivity index (χ4v) is 18.1. The van der Waals surface area contributed by atoms with E-state index in [4.69, 9.17) is 9.47 Å². The van der Waals surface area contributed by atoms with E-state index in [1.54, 1.807) is 12.2 Å². The molecule has 0 bridgehead atoms. The molecular weight excluding hydrogens is 919 g/mol. The molecule has 6 saturated carbocycles. The van der Waals surface area contributed by atoms with E-state index >= 15 is 0 Å². The molecule has 1 aliphatic heterocycles. The molecule has 8 nitrogen and oxygen atoms in total. The summed E-state index contributed by atoms with van der Waals surface area (Å²) in [7, 11) is 1.52. The van der Waals surface area contributed by atoms with Crippen LogP contribution in [0.2, 0.25) is 0 Å². The number of esters is 1. The molecule has 10 heteroatoms. The van der Waals surface area contributed by atoms with Crippen LogP contribution < -0.4 is 18.9 Å². The average Bonchev–Trinajstić information content (AvgIpc) is 3.94. The summed E-state index contributed by atoms with van der Waals surface area (Å²) < 4.78 is 10.2. The first-order chi connectivity index (χ1) is 33.1. The Bertz CT molecular complexity index is 2590. The Morgan fingerprint density at radius 1 is 0.616 bits per heavy atom. The molecule has 12 atom stereocenters. The second-order valence-electron chi connectivity index (χ2n) is 27.4. The summed E-state index contributed by atoms with van der Waals surface area (Å²) in [4.78, 5) is 38.0. The van der Waals surface area contributed by atoms with Gasteiger partial charge in [0.1, 0.15) is 0 Å². The summed E-state index contributed by atoms with van der Waals surface area (Å²) in [6.07, 6.45) is 30.1. The van der Waals surface area contributed by atoms with Crippen LogP contribution in [0, 0.1) is 66.0 Å². The van der Waals surface area contributed by atoms with Crippen molar-refractivity contribution in [1.82, 2.24) is 0 Å². The van der Waals surface area contributed by atoms with E-state index in [0.717, 1.165) is 106 Å². The maximum Gasteiger partial charge on any atom is 1.00 e. The molecule has 0 radical (unpaired) electrons. The quantitative estimate of drug-likeness (QED) is 0.184. The van der Waals surface area contributed by atoms with Gasteiger partial charge >= 0.3 is 24.8 Å². The molecule has 396 valence electrons. The third-order valence-electron chi connectivity index (χ3n) is 23.7. The monoisotopic (exact) mass is 1010 g/mol. The molecule has 0 unspecified atom stereocenters. The molecule has 3 N–H and O–H groups in total. The van der Waals surface area contributed by atoms with Gasteiger partial charge in [0.15, 0.2) is 28.9 Å². The zero-order chi connectivity index (χ0) is 51.8. The second-order valence-corrected chi connectivity index (χ2v) is 27.4. The number of hydrogen-bond donors (Lipinski definition) is 3. The predicted octanol–water partition coefficient (Wildman–Crippen LogP) is 10.1. The van der Waals surface area contributed by atoms with E-state index in [2.05, 4.69) is 93.5 Å². The van der Waals surface area contributed by atoms with E-state index < -0.39 is 5.41 Å². The number of ketones is 2. The van der Waals surface area contributed by atoms with Crippen LogP contribution in [0.3, 0.4) is 0 Å². The molecule has 0 aromatic heterocycles. The normalized spacial score (nSPS) is 44.0. The number of carbonyl (C=O) groups is 3. The zero-order valence-electron chi connectivity index (χ0n) is 47.9. The molecule has 73 heavy (non-hydrogen) atoms. The van der Waals surface area contributed by atoms with Crippen LogP contribution in [0.5, 0.6) is 0 Å². The first-order valence-electron chi connectivity index (χ1n) is 27.6. The van der Waals surface area contributed by atoms with Crippen molar-refractivity contribution in [3.8, 4) is 0 Å². The largest absolute Gasteiger partial charge is 1.00 e. The minimum Gasteiger partial charge on any atom is -1.00 e. The van der Waals surface area contributed by atoms with Gasteiger partial charge in [0, 0.05) is 41.8 Å². The molecular formula is C63H92AlLiO8. The Morgan fingerprint density at radius 3 is 1.42 bits per heavy atom. The number of allylic oxidation sites excluding steroid dienone is 14. The molecule has 10 aliphatic carbocycles. The van der Waals surface area contributed by atoms with Crippen LogP contribution in [0.1, 0.15) is 187 Å². The summed E-state index contributed by atoms with van der Waals surface area (Å²) in [6, 6.07) is 0. The van der Waals surface area contributed by atoms with E-state index in [0.29, 0.717) is 28.4 Å². The van der Waals surface area contributed by atoms with Crippen LogP contribution in [0.15, 0.2) is 92.6 Å². The molecule has 0 spiro atoms. The fourth-order valence-electron chi connectivity index (χ4n) is 18.1. The Hall–Kier alpha value is -2.62. The summed E-state index contributed by atoms with van der Waals surface area (Å²) in [6.45, 7) is 30.0. The van der Waals surface area contributed by atoms with E-state index in [1.807, 2.05) is 13.8 Å². The molecule has 11 rings (SSSR count). The smallest absolute Gasteiger partial charge is 1.00 e. The van der Waals surface area contributed by atoms with E-state index in [9.17, 15) is 29.7 Å². The Labute approximate surface area is 463 Å².